The van der Waals surface area contributed by atoms with Crippen LogP contribution in [0.5, 0.6) is 5.75 Å². The second kappa shape index (κ2) is 10.4. The first kappa shape index (κ1) is 24.6. The van der Waals surface area contributed by atoms with Gasteiger partial charge in [0.2, 0.25) is 0 Å². The van der Waals surface area contributed by atoms with Crippen LogP contribution >= 0.6 is 23.8 Å². The van der Waals surface area contributed by atoms with Gasteiger partial charge in [0.15, 0.2) is 0 Å². The zero-order valence-corrected chi connectivity index (χ0v) is 20.0. The Labute approximate surface area is 172 Å². The molecular weight excluding hydrogens is 431 g/mol. The number of aliphatic hydroxyl groups excluding tert-OH is 1. The minimum Gasteiger partial charge on any atom is -0.404 e. The van der Waals surface area contributed by atoms with Crippen LogP contribution in [0.3, 0.4) is 0 Å². The van der Waals surface area contributed by atoms with E-state index in [1.807, 2.05) is 6.07 Å². The average Bonchev–Trinajstić information content (AvgIpc) is 2.43. The SMILES string of the molecule is CCCC(C)(C)c1c(CCO)cc(Br)cc1OP(=O)(OC(C)C)OC(C)C. The Morgan fingerprint density at radius 1 is 1.15 bits per heavy atom. The van der Waals surface area contributed by atoms with Crippen LogP contribution in [0, 0.1) is 0 Å². The van der Waals surface area contributed by atoms with Gasteiger partial charge in [-0.3, -0.25) is 9.05 Å². The molecule has 0 spiro atoms. The number of hydrogen-bond donors (Lipinski definition) is 1. The summed E-state index contributed by atoms with van der Waals surface area (Å²) < 4.78 is 31.2. The van der Waals surface area contributed by atoms with E-state index in [1.54, 1.807) is 33.8 Å². The van der Waals surface area contributed by atoms with Gasteiger partial charge in [0.05, 0.1) is 12.2 Å². The van der Waals surface area contributed by atoms with E-state index in [2.05, 4.69) is 36.7 Å². The van der Waals surface area contributed by atoms with Gasteiger partial charge in [0.25, 0.3) is 0 Å². The van der Waals surface area contributed by atoms with E-state index in [1.165, 1.54) is 0 Å². The number of phosphoric ester groups is 1. The van der Waals surface area contributed by atoms with Gasteiger partial charge in [0, 0.05) is 16.6 Å². The lowest BCUT2D eigenvalue weighted by Gasteiger charge is -2.31. The van der Waals surface area contributed by atoms with Gasteiger partial charge >= 0.3 is 7.82 Å². The number of halogens is 1. The van der Waals surface area contributed by atoms with Crippen molar-refractivity contribution in [3.8, 4) is 5.75 Å². The Hall–Kier alpha value is -0.390. The lowest BCUT2D eigenvalue weighted by molar-refractivity contribution is 0.103. The fourth-order valence-electron chi connectivity index (χ4n) is 3.25. The smallest absolute Gasteiger partial charge is 0.404 e. The Morgan fingerprint density at radius 3 is 2.15 bits per heavy atom. The van der Waals surface area contributed by atoms with Crippen LogP contribution in [0.2, 0.25) is 0 Å². The van der Waals surface area contributed by atoms with Crippen LogP contribution in [0.1, 0.15) is 72.4 Å². The van der Waals surface area contributed by atoms with Crippen molar-refractivity contribution in [2.45, 2.75) is 85.4 Å². The molecule has 0 bridgehead atoms. The summed E-state index contributed by atoms with van der Waals surface area (Å²) >= 11 is 3.50. The fraction of sp³-hybridized carbons (Fsp3) is 0.700. The van der Waals surface area contributed by atoms with Crippen LogP contribution in [-0.4, -0.2) is 23.9 Å². The molecule has 0 unspecified atom stereocenters. The normalized spacial score (nSPS) is 12.9. The molecule has 7 heteroatoms. The Bertz CT molecular complexity index is 644. The zero-order chi connectivity index (χ0) is 20.8. The van der Waals surface area contributed by atoms with Crippen LogP contribution in [0.25, 0.3) is 0 Å². The van der Waals surface area contributed by atoms with Gasteiger partial charge in [0.1, 0.15) is 5.75 Å². The highest BCUT2D eigenvalue weighted by Crippen LogP contribution is 2.54. The van der Waals surface area contributed by atoms with E-state index in [0.717, 1.165) is 28.4 Å². The Balaban J connectivity index is 3.53. The summed E-state index contributed by atoms with van der Waals surface area (Å²) in [7, 11) is -3.81. The van der Waals surface area contributed by atoms with Crippen molar-refractivity contribution >= 4 is 23.8 Å². The molecule has 0 aliphatic rings. The maximum atomic E-state index is 13.3. The highest BCUT2D eigenvalue weighted by atomic mass is 79.9. The number of phosphoric acid groups is 1. The number of benzene rings is 1. The summed E-state index contributed by atoms with van der Waals surface area (Å²) in [5, 5.41) is 9.53. The average molecular weight is 465 g/mol. The topological polar surface area (TPSA) is 65.0 Å². The zero-order valence-electron chi connectivity index (χ0n) is 17.5. The first-order chi connectivity index (χ1) is 12.4. The molecule has 0 saturated heterocycles. The maximum Gasteiger partial charge on any atom is 0.530 e. The predicted octanol–water partition coefficient (Wildman–Crippen LogP) is 6.40. The first-order valence-electron chi connectivity index (χ1n) is 9.54. The lowest BCUT2D eigenvalue weighted by atomic mass is 9.77. The molecule has 0 atom stereocenters. The van der Waals surface area contributed by atoms with Gasteiger partial charge in [-0.05, 0) is 63.6 Å². The first-order valence-corrected chi connectivity index (χ1v) is 11.8. The molecule has 0 aromatic heterocycles. The van der Waals surface area contributed by atoms with Gasteiger partial charge in [-0.25, -0.2) is 4.57 Å². The second-order valence-electron chi connectivity index (χ2n) is 7.89. The third-order valence-electron chi connectivity index (χ3n) is 3.97. The van der Waals surface area contributed by atoms with Gasteiger partial charge in [-0.2, -0.15) is 0 Å². The molecule has 0 radical (unpaired) electrons. The van der Waals surface area contributed by atoms with Gasteiger partial charge in [-0.1, -0.05) is 43.1 Å². The highest BCUT2D eigenvalue weighted by molar-refractivity contribution is 9.10. The van der Waals surface area contributed by atoms with Crippen LogP contribution in [-0.2, 0) is 25.4 Å². The standard InChI is InChI=1S/C20H34BrO5P/c1-8-10-20(6,7)19-16(9-11-22)12-17(21)13-18(19)26-27(23,24-14(2)3)25-15(4)5/h12-15,22H,8-11H2,1-7H3. The van der Waals surface area contributed by atoms with Crippen molar-refractivity contribution in [1.82, 2.24) is 0 Å². The summed E-state index contributed by atoms with van der Waals surface area (Å²) in [5.74, 6) is 0.468. The number of rotatable bonds is 11. The summed E-state index contributed by atoms with van der Waals surface area (Å²) in [6.07, 6.45) is 1.77. The molecule has 0 fully saturated rings. The maximum absolute atomic E-state index is 13.3. The summed E-state index contributed by atoms with van der Waals surface area (Å²) in [6, 6.07) is 3.78. The number of hydrogen-bond acceptors (Lipinski definition) is 5. The summed E-state index contributed by atoms with van der Waals surface area (Å²) in [4.78, 5) is 0. The van der Waals surface area contributed by atoms with Crippen molar-refractivity contribution in [3.05, 3.63) is 27.7 Å². The van der Waals surface area contributed by atoms with Crippen LogP contribution < -0.4 is 4.52 Å². The molecule has 156 valence electrons. The predicted molar refractivity (Wildman–Crippen MR) is 114 cm³/mol. The van der Waals surface area contributed by atoms with Gasteiger partial charge < -0.3 is 9.63 Å². The fourth-order valence-corrected chi connectivity index (χ4v) is 5.29. The molecule has 0 aliphatic carbocycles. The van der Waals surface area contributed by atoms with E-state index in [-0.39, 0.29) is 24.2 Å². The molecule has 5 nitrogen and oxygen atoms in total. The Morgan fingerprint density at radius 2 is 1.70 bits per heavy atom. The molecule has 1 N–H and O–H groups in total. The third kappa shape index (κ3) is 7.51. The van der Waals surface area contributed by atoms with Crippen LogP contribution in [0.15, 0.2) is 16.6 Å². The van der Waals surface area contributed by atoms with Crippen molar-refractivity contribution in [1.29, 1.82) is 0 Å². The van der Waals surface area contributed by atoms with Crippen molar-refractivity contribution in [2.24, 2.45) is 0 Å². The largest absolute Gasteiger partial charge is 0.530 e. The van der Waals surface area contributed by atoms with Crippen molar-refractivity contribution < 1.29 is 23.2 Å². The van der Waals surface area contributed by atoms with Crippen molar-refractivity contribution in [3.63, 3.8) is 0 Å². The molecule has 0 heterocycles. The molecule has 1 aromatic carbocycles. The van der Waals surface area contributed by atoms with E-state index in [4.69, 9.17) is 13.6 Å². The summed E-state index contributed by atoms with van der Waals surface area (Å²) in [5.41, 5.74) is 1.66. The Kier molecular flexibility index (Phi) is 9.50. The lowest BCUT2D eigenvalue weighted by Crippen LogP contribution is -2.22. The molecule has 0 aliphatic heterocycles. The second-order valence-corrected chi connectivity index (χ2v) is 10.3. The molecule has 0 amide bonds. The minimum atomic E-state index is -3.81. The van der Waals surface area contributed by atoms with Crippen molar-refractivity contribution in [2.75, 3.05) is 6.61 Å². The molecule has 0 saturated carbocycles. The van der Waals surface area contributed by atoms with Gasteiger partial charge in [-0.15, -0.1) is 0 Å². The van der Waals surface area contributed by atoms with E-state index < -0.39 is 7.82 Å². The van der Waals surface area contributed by atoms with Crippen LogP contribution in [0.4, 0.5) is 0 Å². The molecular formula is C20H34BrO5P. The summed E-state index contributed by atoms with van der Waals surface area (Å²) in [6.45, 7) is 13.6. The quantitative estimate of drug-likeness (QED) is 0.383. The number of aliphatic hydroxyl groups is 1. The van der Waals surface area contributed by atoms with E-state index in [0.29, 0.717) is 12.2 Å². The third-order valence-corrected chi connectivity index (χ3v) is 6.21. The molecule has 1 rings (SSSR count). The molecule has 1 aromatic rings. The van der Waals surface area contributed by atoms with E-state index >= 15 is 0 Å². The minimum absolute atomic E-state index is 0.0216. The van der Waals surface area contributed by atoms with E-state index in [9.17, 15) is 9.67 Å². The highest BCUT2D eigenvalue weighted by Gasteiger charge is 2.35. The molecule has 27 heavy (non-hydrogen) atoms. The monoisotopic (exact) mass is 464 g/mol.